The maximum absolute atomic E-state index is 12.5. The van der Waals surface area contributed by atoms with Gasteiger partial charge in [0.05, 0.1) is 5.56 Å². The van der Waals surface area contributed by atoms with E-state index in [-0.39, 0.29) is 11.9 Å². The normalized spacial score (nSPS) is 14.5. The Labute approximate surface area is 132 Å². The third-order valence-electron chi connectivity index (χ3n) is 3.94. The predicted octanol–water partition coefficient (Wildman–Crippen LogP) is 2.24. The third-order valence-corrected chi connectivity index (χ3v) is 4.77. The number of carbonyl (C=O) groups is 2. The van der Waals surface area contributed by atoms with Crippen LogP contribution in [0.2, 0.25) is 0 Å². The van der Waals surface area contributed by atoms with Crippen molar-refractivity contribution in [2.75, 3.05) is 16.8 Å². The lowest BCUT2D eigenvalue weighted by molar-refractivity contribution is -0.117. The van der Waals surface area contributed by atoms with Crippen molar-refractivity contribution in [1.82, 2.24) is 0 Å². The first-order chi connectivity index (χ1) is 10.6. The molecule has 22 heavy (non-hydrogen) atoms. The summed E-state index contributed by atoms with van der Waals surface area (Å²) in [5.74, 6) is -0.669. The van der Waals surface area contributed by atoms with Crippen LogP contribution < -0.4 is 16.0 Å². The zero-order valence-corrected chi connectivity index (χ0v) is 13.0. The number of rotatable bonds is 4. The van der Waals surface area contributed by atoms with Crippen LogP contribution in [0.1, 0.15) is 22.8 Å². The number of hydrogen-bond donors (Lipinski definition) is 2. The van der Waals surface area contributed by atoms with Crippen molar-refractivity contribution in [3.8, 4) is 0 Å². The number of primary amides is 1. The zero-order chi connectivity index (χ0) is 15.7. The fourth-order valence-corrected chi connectivity index (χ4v) is 3.52. The fourth-order valence-electron chi connectivity index (χ4n) is 2.72. The molecule has 0 unspecified atom stereocenters. The SMILES string of the molecule is C[C@@H](C(=O)Nc1sccc1C(N)=O)N1CCc2ccccc21. The van der Waals surface area contributed by atoms with Gasteiger partial charge in [-0.3, -0.25) is 9.59 Å². The van der Waals surface area contributed by atoms with Gasteiger partial charge in [-0.05, 0) is 36.4 Å². The van der Waals surface area contributed by atoms with Crippen LogP contribution in [-0.4, -0.2) is 24.4 Å². The molecular formula is C16H17N3O2S. The predicted molar refractivity (Wildman–Crippen MR) is 88.4 cm³/mol. The molecule has 1 aliphatic heterocycles. The number of para-hydroxylation sites is 1. The number of anilines is 2. The summed E-state index contributed by atoms with van der Waals surface area (Å²) in [6, 6.07) is 9.42. The number of nitrogens with one attached hydrogen (secondary N) is 1. The van der Waals surface area contributed by atoms with E-state index in [4.69, 9.17) is 5.73 Å². The standard InChI is InChI=1S/C16H17N3O2S/c1-10(19-8-6-11-4-2-3-5-13(11)19)15(21)18-16-12(14(17)20)7-9-22-16/h2-5,7,9-10H,6,8H2,1H3,(H2,17,20)(H,18,21)/t10-/m0/s1. The lowest BCUT2D eigenvalue weighted by Crippen LogP contribution is -2.41. The summed E-state index contributed by atoms with van der Waals surface area (Å²) in [5, 5.41) is 5.07. The van der Waals surface area contributed by atoms with Crippen LogP contribution in [0.5, 0.6) is 0 Å². The average Bonchev–Trinajstić information content (AvgIpc) is 3.12. The lowest BCUT2D eigenvalue weighted by Gasteiger charge is -2.26. The van der Waals surface area contributed by atoms with Gasteiger partial charge in [0.2, 0.25) is 5.91 Å². The second-order valence-corrected chi connectivity index (χ2v) is 6.18. The summed E-state index contributed by atoms with van der Waals surface area (Å²) in [4.78, 5) is 25.9. The summed E-state index contributed by atoms with van der Waals surface area (Å²) in [7, 11) is 0. The van der Waals surface area contributed by atoms with E-state index in [1.54, 1.807) is 11.4 Å². The molecule has 2 amide bonds. The maximum atomic E-state index is 12.5. The number of hydrogen-bond acceptors (Lipinski definition) is 4. The molecule has 0 radical (unpaired) electrons. The Kier molecular flexibility index (Phi) is 3.85. The van der Waals surface area contributed by atoms with Gasteiger partial charge in [-0.2, -0.15) is 0 Å². The lowest BCUT2D eigenvalue weighted by atomic mass is 10.1. The van der Waals surface area contributed by atoms with E-state index in [1.807, 2.05) is 25.1 Å². The zero-order valence-electron chi connectivity index (χ0n) is 12.2. The second kappa shape index (κ2) is 5.81. The van der Waals surface area contributed by atoms with Crippen molar-refractivity contribution >= 4 is 33.8 Å². The van der Waals surface area contributed by atoms with Gasteiger partial charge in [0.15, 0.2) is 0 Å². The molecule has 0 bridgehead atoms. The van der Waals surface area contributed by atoms with Crippen LogP contribution in [0.15, 0.2) is 35.7 Å². The van der Waals surface area contributed by atoms with Gasteiger partial charge in [-0.15, -0.1) is 11.3 Å². The molecule has 2 aromatic rings. The molecule has 3 N–H and O–H groups in total. The van der Waals surface area contributed by atoms with Crippen molar-refractivity contribution < 1.29 is 9.59 Å². The summed E-state index contributed by atoms with van der Waals surface area (Å²) in [5.41, 5.74) is 8.02. The molecule has 2 heterocycles. The van der Waals surface area contributed by atoms with Crippen molar-refractivity contribution in [2.24, 2.45) is 5.73 Å². The molecular weight excluding hydrogens is 298 g/mol. The Hall–Kier alpha value is -2.34. The van der Waals surface area contributed by atoms with Gasteiger partial charge in [0, 0.05) is 12.2 Å². The van der Waals surface area contributed by atoms with E-state index in [9.17, 15) is 9.59 Å². The molecule has 6 heteroatoms. The highest BCUT2D eigenvalue weighted by Gasteiger charge is 2.28. The van der Waals surface area contributed by atoms with Crippen molar-refractivity contribution in [3.05, 3.63) is 46.8 Å². The Balaban J connectivity index is 1.76. The molecule has 1 aromatic heterocycles. The molecule has 0 fully saturated rings. The van der Waals surface area contributed by atoms with Crippen LogP contribution in [0.25, 0.3) is 0 Å². The van der Waals surface area contributed by atoms with E-state index in [1.165, 1.54) is 16.9 Å². The summed E-state index contributed by atoms with van der Waals surface area (Å²) in [6.45, 7) is 2.69. The van der Waals surface area contributed by atoms with E-state index in [2.05, 4.69) is 16.3 Å². The van der Waals surface area contributed by atoms with Crippen LogP contribution >= 0.6 is 11.3 Å². The monoisotopic (exact) mass is 315 g/mol. The molecule has 5 nitrogen and oxygen atoms in total. The van der Waals surface area contributed by atoms with Gasteiger partial charge in [0.1, 0.15) is 11.0 Å². The summed E-state index contributed by atoms with van der Waals surface area (Å²) < 4.78 is 0. The molecule has 1 aliphatic rings. The van der Waals surface area contributed by atoms with Crippen molar-refractivity contribution in [2.45, 2.75) is 19.4 Å². The minimum absolute atomic E-state index is 0.137. The summed E-state index contributed by atoms with van der Waals surface area (Å²) >= 11 is 1.30. The van der Waals surface area contributed by atoms with Gasteiger partial charge < -0.3 is 16.0 Å². The summed E-state index contributed by atoms with van der Waals surface area (Å²) in [6.07, 6.45) is 0.944. The highest BCUT2D eigenvalue weighted by Crippen LogP contribution is 2.30. The molecule has 0 saturated heterocycles. The topological polar surface area (TPSA) is 75.4 Å². The number of nitrogens with two attached hydrogens (primary N) is 1. The van der Waals surface area contributed by atoms with Crippen LogP contribution in [0.4, 0.5) is 10.7 Å². The van der Waals surface area contributed by atoms with Crippen molar-refractivity contribution in [1.29, 1.82) is 0 Å². The first kappa shape index (κ1) is 14.6. The number of fused-ring (bicyclic) bond motifs is 1. The van der Waals surface area contributed by atoms with E-state index in [0.29, 0.717) is 10.6 Å². The second-order valence-electron chi connectivity index (χ2n) is 5.26. The van der Waals surface area contributed by atoms with E-state index < -0.39 is 5.91 Å². The smallest absolute Gasteiger partial charge is 0.251 e. The number of thiophene rings is 1. The number of carbonyl (C=O) groups excluding carboxylic acids is 2. The highest BCUT2D eigenvalue weighted by molar-refractivity contribution is 7.14. The third kappa shape index (κ3) is 2.57. The van der Waals surface area contributed by atoms with Gasteiger partial charge in [-0.25, -0.2) is 0 Å². The molecule has 0 spiro atoms. The Bertz CT molecular complexity index is 726. The maximum Gasteiger partial charge on any atom is 0.251 e. The molecule has 0 saturated carbocycles. The van der Waals surface area contributed by atoms with Crippen LogP contribution in [0.3, 0.4) is 0 Å². The highest BCUT2D eigenvalue weighted by atomic mass is 32.1. The Morgan fingerprint density at radius 3 is 2.86 bits per heavy atom. The number of nitrogens with zero attached hydrogens (tertiary/aromatic N) is 1. The Morgan fingerprint density at radius 2 is 2.09 bits per heavy atom. The van der Waals surface area contributed by atoms with E-state index in [0.717, 1.165) is 18.7 Å². The first-order valence-electron chi connectivity index (χ1n) is 7.10. The van der Waals surface area contributed by atoms with Gasteiger partial charge in [-0.1, -0.05) is 18.2 Å². The average molecular weight is 315 g/mol. The van der Waals surface area contributed by atoms with Gasteiger partial charge in [0.25, 0.3) is 5.91 Å². The van der Waals surface area contributed by atoms with Crippen molar-refractivity contribution in [3.63, 3.8) is 0 Å². The molecule has 3 rings (SSSR count). The molecule has 0 aliphatic carbocycles. The van der Waals surface area contributed by atoms with Crippen LogP contribution in [-0.2, 0) is 11.2 Å². The minimum Gasteiger partial charge on any atom is -0.366 e. The molecule has 1 aromatic carbocycles. The first-order valence-corrected chi connectivity index (χ1v) is 7.98. The quantitative estimate of drug-likeness (QED) is 0.908. The Morgan fingerprint density at radius 1 is 1.32 bits per heavy atom. The number of benzene rings is 1. The largest absolute Gasteiger partial charge is 0.366 e. The molecule has 114 valence electrons. The number of amides is 2. The van der Waals surface area contributed by atoms with E-state index >= 15 is 0 Å². The van der Waals surface area contributed by atoms with Crippen LogP contribution in [0, 0.1) is 0 Å². The fraction of sp³-hybridized carbons (Fsp3) is 0.250. The van der Waals surface area contributed by atoms with Gasteiger partial charge >= 0.3 is 0 Å². The minimum atomic E-state index is -0.532. The molecule has 1 atom stereocenters.